The molecule has 5 heteroatoms. The Bertz CT molecular complexity index is 907. The van der Waals surface area contributed by atoms with Gasteiger partial charge in [0.1, 0.15) is 5.69 Å². The first-order chi connectivity index (χ1) is 14.3. The standard InChI is InChI=1S/C24H26N4O/c29-24(27-20-12-6-2-7-13-20)22-16-26-23(17-25-22)28(21-14-8-3-9-15-21)18-19-10-4-1-5-11-19/h1,3-5,8-11,14-17,20H,2,6-7,12-13,18H2,(H,27,29). The minimum atomic E-state index is -0.134. The van der Waals surface area contributed by atoms with E-state index in [2.05, 4.69) is 32.3 Å². The molecule has 29 heavy (non-hydrogen) atoms. The summed E-state index contributed by atoms with van der Waals surface area (Å²) < 4.78 is 0. The maximum Gasteiger partial charge on any atom is 0.271 e. The van der Waals surface area contributed by atoms with Gasteiger partial charge < -0.3 is 10.2 Å². The number of carbonyl (C=O) groups excluding carboxylic acids is 1. The molecule has 0 spiro atoms. The Morgan fingerprint density at radius 2 is 1.59 bits per heavy atom. The highest BCUT2D eigenvalue weighted by Gasteiger charge is 2.18. The van der Waals surface area contributed by atoms with Gasteiger partial charge in [0.2, 0.25) is 0 Å². The quantitative estimate of drug-likeness (QED) is 0.656. The molecule has 2 aromatic carbocycles. The summed E-state index contributed by atoms with van der Waals surface area (Å²) in [6, 6.07) is 20.6. The second kappa shape index (κ2) is 9.32. The third-order valence-electron chi connectivity index (χ3n) is 5.34. The average molecular weight is 386 g/mol. The van der Waals surface area contributed by atoms with Crippen molar-refractivity contribution < 1.29 is 4.79 Å². The lowest BCUT2D eigenvalue weighted by Gasteiger charge is -2.24. The molecule has 1 N–H and O–H groups in total. The molecule has 0 aliphatic heterocycles. The van der Waals surface area contributed by atoms with Crippen molar-refractivity contribution in [3.8, 4) is 0 Å². The van der Waals surface area contributed by atoms with Gasteiger partial charge >= 0.3 is 0 Å². The molecule has 1 aromatic heterocycles. The van der Waals surface area contributed by atoms with E-state index >= 15 is 0 Å². The van der Waals surface area contributed by atoms with Crippen LogP contribution < -0.4 is 10.2 Å². The number of benzene rings is 2. The number of carbonyl (C=O) groups is 1. The van der Waals surface area contributed by atoms with Crippen molar-refractivity contribution in [3.63, 3.8) is 0 Å². The Hall–Kier alpha value is -3.21. The van der Waals surface area contributed by atoms with E-state index in [1.165, 1.54) is 24.8 Å². The summed E-state index contributed by atoms with van der Waals surface area (Å²) in [5.74, 6) is 0.583. The predicted molar refractivity (Wildman–Crippen MR) is 115 cm³/mol. The monoisotopic (exact) mass is 386 g/mol. The summed E-state index contributed by atoms with van der Waals surface area (Å²) >= 11 is 0. The van der Waals surface area contributed by atoms with E-state index < -0.39 is 0 Å². The number of hydrogen-bond donors (Lipinski definition) is 1. The zero-order chi connectivity index (χ0) is 19.9. The van der Waals surface area contributed by atoms with Crippen molar-refractivity contribution in [2.24, 2.45) is 0 Å². The zero-order valence-electron chi connectivity index (χ0n) is 16.5. The third-order valence-corrected chi connectivity index (χ3v) is 5.34. The molecule has 0 unspecified atom stereocenters. The zero-order valence-corrected chi connectivity index (χ0v) is 16.5. The smallest absolute Gasteiger partial charge is 0.271 e. The summed E-state index contributed by atoms with van der Waals surface area (Å²) in [6.07, 6.45) is 8.99. The van der Waals surface area contributed by atoms with Gasteiger partial charge in [-0.1, -0.05) is 67.8 Å². The molecule has 1 heterocycles. The van der Waals surface area contributed by atoms with Crippen LogP contribution in [0.25, 0.3) is 0 Å². The van der Waals surface area contributed by atoms with Crippen LogP contribution in [0.1, 0.15) is 48.2 Å². The van der Waals surface area contributed by atoms with E-state index in [4.69, 9.17) is 0 Å². The molecule has 0 radical (unpaired) electrons. The number of aromatic nitrogens is 2. The number of nitrogens with zero attached hydrogens (tertiary/aromatic N) is 3. The molecule has 1 saturated carbocycles. The first-order valence-corrected chi connectivity index (χ1v) is 10.3. The molecule has 148 valence electrons. The van der Waals surface area contributed by atoms with Gasteiger partial charge in [-0.25, -0.2) is 9.97 Å². The molecule has 5 nitrogen and oxygen atoms in total. The maximum atomic E-state index is 12.5. The van der Waals surface area contributed by atoms with Gasteiger partial charge in [0.15, 0.2) is 5.82 Å². The van der Waals surface area contributed by atoms with Crippen LogP contribution in [0.5, 0.6) is 0 Å². The first-order valence-electron chi connectivity index (χ1n) is 10.3. The summed E-state index contributed by atoms with van der Waals surface area (Å²) in [6.45, 7) is 0.674. The topological polar surface area (TPSA) is 58.1 Å². The molecule has 3 aromatic rings. The highest BCUT2D eigenvalue weighted by molar-refractivity contribution is 5.92. The number of nitrogens with one attached hydrogen (secondary N) is 1. The minimum absolute atomic E-state index is 0.134. The average Bonchev–Trinajstić information content (AvgIpc) is 2.79. The Morgan fingerprint density at radius 3 is 2.24 bits per heavy atom. The van der Waals surface area contributed by atoms with Crippen LogP contribution in [0.3, 0.4) is 0 Å². The Kier molecular flexibility index (Phi) is 6.15. The molecule has 0 bridgehead atoms. The largest absolute Gasteiger partial charge is 0.348 e. The third kappa shape index (κ3) is 4.99. The van der Waals surface area contributed by atoms with Crippen molar-refractivity contribution >= 4 is 17.4 Å². The SMILES string of the molecule is O=C(NC1CCCCC1)c1cnc(N(Cc2ccccc2)c2ccccc2)cn1. The summed E-state index contributed by atoms with van der Waals surface area (Å²) in [5.41, 5.74) is 2.58. The fourth-order valence-electron chi connectivity index (χ4n) is 3.76. The normalized spacial score (nSPS) is 14.3. The van der Waals surface area contributed by atoms with Crippen LogP contribution in [0.15, 0.2) is 73.1 Å². The number of anilines is 2. The number of para-hydroxylation sites is 1. The summed E-state index contributed by atoms with van der Waals surface area (Å²) in [4.78, 5) is 23.6. The Morgan fingerprint density at radius 1 is 0.897 bits per heavy atom. The van der Waals surface area contributed by atoms with E-state index in [1.54, 1.807) is 12.4 Å². The lowest BCUT2D eigenvalue weighted by molar-refractivity contribution is 0.0922. The Labute approximate surface area is 171 Å². The Balaban J connectivity index is 1.52. The van der Waals surface area contributed by atoms with Crippen molar-refractivity contribution in [1.29, 1.82) is 0 Å². The molecule has 1 aliphatic rings. The molecular formula is C24H26N4O. The van der Waals surface area contributed by atoms with Crippen LogP contribution in [-0.4, -0.2) is 21.9 Å². The maximum absolute atomic E-state index is 12.5. The second-order valence-electron chi connectivity index (χ2n) is 7.48. The lowest BCUT2D eigenvalue weighted by atomic mass is 9.95. The van der Waals surface area contributed by atoms with Gasteiger partial charge in [0, 0.05) is 18.3 Å². The number of rotatable bonds is 6. The van der Waals surface area contributed by atoms with Crippen LogP contribution in [-0.2, 0) is 6.54 Å². The van der Waals surface area contributed by atoms with Gasteiger partial charge in [-0.3, -0.25) is 4.79 Å². The van der Waals surface area contributed by atoms with Crippen LogP contribution in [0.2, 0.25) is 0 Å². The highest BCUT2D eigenvalue weighted by Crippen LogP contribution is 2.25. The first kappa shape index (κ1) is 19.1. The van der Waals surface area contributed by atoms with Crippen LogP contribution >= 0.6 is 0 Å². The van der Waals surface area contributed by atoms with Gasteiger partial charge in [-0.05, 0) is 30.5 Å². The second-order valence-corrected chi connectivity index (χ2v) is 7.48. The fourth-order valence-corrected chi connectivity index (χ4v) is 3.76. The molecule has 4 rings (SSSR count). The molecular weight excluding hydrogens is 360 g/mol. The molecule has 1 amide bonds. The van der Waals surface area contributed by atoms with Gasteiger partial charge in [0.05, 0.1) is 12.4 Å². The van der Waals surface area contributed by atoms with E-state index in [9.17, 15) is 4.79 Å². The summed E-state index contributed by atoms with van der Waals surface area (Å²) in [5, 5.41) is 3.10. The van der Waals surface area contributed by atoms with Crippen molar-refractivity contribution in [1.82, 2.24) is 15.3 Å². The highest BCUT2D eigenvalue weighted by atomic mass is 16.1. The lowest BCUT2D eigenvalue weighted by Crippen LogP contribution is -2.36. The van der Waals surface area contributed by atoms with E-state index in [0.29, 0.717) is 18.1 Å². The van der Waals surface area contributed by atoms with Crippen molar-refractivity contribution in [2.75, 3.05) is 4.90 Å². The minimum Gasteiger partial charge on any atom is -0.348 e. The number of amides is 1. The van der Waals surface area contributed by atoms with E-state index in [1.807, 2.05) is 48.5 Å². The van der Waals surface area contributed by atoms with Crippen molar-refractivity contribution in [2.45, 2.75) is 44.7 Å². The van der Waals surface area contributed by atoms with Gasteiger partial charge in [0.25, 0.3) is 5.91 Å². The van der Waals surface area contributed by atoms with Crippen molar-refractivity contribution in [3.05, 3.63) is 84.3 Å². The predicted octanol–water partition coefficient (Wildman–Crippen LogP) is 4.88. The van der Waals surface area contributed by atoms with E-state index in [-0.39, 0.29) is 11.9 Å². The van der Waals surface area contributed by atoms with Gasteiger partial charge in [-0.15, -0.1) is 0 Å². The molecule has 0 saturated heterocycles. The number of hydrogen-bond acceptors (Lipinski definition) is 4. The summed E-state index contributed by atoms with van der Waals surface area (Å²) in [7, 11) is 0. The van der Waals surface area contributed by atoms with E-state index in [0.717, 1.165) is 18.5 Å². The van der Waals surface area contributed by atoms with Crippen LogP contribution in [0, 0.1) is 0 Å². The molecule has 1 fully saturated rings. The van der Waals surface area contributed by atoms with Gasteiger partial charge in [-0.2, -0.15) is 0 Å². The van der Waals surface area contributed by atoms with Crippen LogP contribution in [0.4, 0.5) is 11.5 Å². The molecule has 1 aliphatic carbocycles. The fraction of sp³-hybridized carbons (Fsp3) is 0.292. The molecule has 0 atom stereocenters.